The maximum Gasteiger partial charge on any atom is 0.281 e. The number of aromatic nitrogens is 3. The van der Waals surface area contributed by atoms with E-state index >= 15 is 0 Å². The molecule has 0 bridgehead atoms. The van der Waals surface area contributed by atoms with Crippen molar-refractivity contribution in [2.45, 2.75) is 27.3 Å². The Morgan fingerprint density at radius 3 is 2.79 bits per heavy atom. The van der Waals surface area contributed by atoms with Gasteiger partial charge >= 0.3 is 0 Å². The Hall–Kier alpha value is -2.99. The van der Waals surface area contributed by atoms with Crippen LogP contribution in [0.4, 0.5) is 11.5 Å². The van der Waals surface area contributed by atoms with Crippen molar-refractivity contribution >= 4 is 11.5 Å². The van der Waals surface area contributed by atoms with E-state index in [1.54, 1.807) is 6.07 Å². The molecule has 0 aliphatic rings. The number of hydrogen-bond donors (Lipinski definition) is 2. The first-order chi connectivity index (χ1) is 11.5. The number of ether oxygens (including phenoxy) is 1. The maximum atomic E-state index is 12.6. The van der Waals surface area contributed by atoms with Crippen molar-refractivity contribution in [1.82, 2.24) is 14.8 Å². The standard InChI is InChI=1S/C15H18N6O3/c1-4-24-6-5-21-14(22)11(8-16)10(3)13(15(21)23)20-19-12-7-9(2)17-18-12/h7,22H,4-6H2,1-3H3,(H,17,18). The van der Waals surface area contributed by atoms with Gasteiger partial charge in [0.15, 0.2) is 11.5 Å². The van der Waals surface area contributed by atoms with Crippen LogP contribution in [0, 0.1) is 25.2 Å². The molecule has 0 atom stereocenters. The number of nitriles is 1. The molecule has 24 heavy (non-hydrogen) atoms. The van der Waals surface area contributed by atoms with Crippen LogP contribution in [0.5, 0.6) is 5.88 Å². The quantitative estimate of drug-likeness (QED) is 0.619. The minimum absolute atomic E-state index is 0.0125. The molecule has 0 aliphatic carbocycles. The fraction of sp³-hybridized carbons (Fsp3) is 0.400. The van der Waals surface area contributed by atoms with Gasteiger partial charge in [0.2, 0.25) is 5.88 Å². The van der Waals surface area contributed by atoms with Crippen molar-refractivity contribution in [2.24, 2.45) is 10.2 Å². The van der Waals surface area contributed by atoms with Crippen LogP contribution in [0.1, 0.15) is 23.7 Å². The van der Waals surface area contributed by atoms with Crippen molar-refractivity contribution in [3.8, 4) is 11.9 Å². The SMILES string of the molecule is CCOCCn1c(O)c(C#N)c(C)c(N=Nc2cc(C)[nH]n2)c1=O. The normalized spacial score (nSPS) is 11.1. The van der Waals surface area contributed by atoms with Crippen LogP contribution in [0.2, 0.25) is 0 Å². The molecule has 2 rings (SSSR count). The van der Waals surface area contributed by atoms with E-state index in [-0.39, 0.29) is 30.0 Å². The molecule has 2 aromatic heterocycles. The van der Waals surface area contributed by atoms with Gasteiger partial charge in [0, 0.05) is 23.9 Å². The van der Waals surface area contributed by atoms with Crippen molar-refractivity contribution in [2.75, 3.05) is 13.2 Å². The van der Waals surface area contributed by atoms with Gasteiger partial charge in [0.25, 0.3) is 5.56 Å². The van der Waals surface area contributed by atoms with Crippen LogP contribution in [0.3, 0.4) is 0 Å². The number of nitrogens with zero attached hydrogens (tertiary/aromatic N) is 5. The first-order valence-corrected chi connectivity index (χ1v) is 7.37. The first kappa shape index (κ1) is 17.4. The van der Waals surface area contributed by atoms with Gasteiger partial charge in [-0.2, -0.15) is 10.4 Å². The molecule has 0 saturated heterocycles. The Bertz CT molecular complexity index is 859. The number of H-pyrrole nitrogens is 1. The van der Waals surface area contributed by atoms with Gasteiger partial charge in [0.1, 0.15) is 11.6 Å². The lowest BCUT2D eigenvalue weighted by molar-refractivity contribution is 0.136. The van der Waals surface area contributed by atoms with E-state index in [9.17, 15) is 15.2 Å². The minimum atomic E-state index is -0.542. The third kappa shape index (κ3) is 3.49. The highest BCUT2D eigenvalue weighted by molar-refractivity contribution is 5.56. The molecule has 126 valence electrons. The van der Waals surface area contributed by atoms with Crippen LogP contribution in [-0.2, 0) is 11.3 Å². The predicted molar refractivity (Wildman–Crippen MR) is 85.8 cm³/mol. The average molecular weight is 330 g/mol. The molecule has 0 saturated carbocycles. The van der Waals surface area contributed by atoms with E-state index in [0.717, 1.165) is 10.3 Å². The predicted octanol–water partition coefficient (Wildman–Crippen LogP) is 2.22. The summed E-state index contributed by atoms with van der Waals surface area (Å²) in [5, 5.41) is 33.9. The summed E-state index contributed by atoms with van der Waals surface area (Å²) in [6.45, 7) is 6.00. The highest BCUT2D eigenvalue weighted by atomic mass is 16.5. The lowest BCUT2D eigenvalue weighted by atomic mass is 10.1. The Labute approximate surface area is 138 Å². The Morgan fingerprint density at radius 1 is 1.46 bits per heavy atom. The molecule has 0 amide bonds. The molecule has 0 spiro atoms. The van der Waals surface area contributed by atoms with Crippen molar-refractivity contribution < 1.29 is 9.84 Å². The van der Waals surface area contributed by atoms with Gasteiger partial charge in [-0.3, -0.25) is 14.5 Å². The number of aromatic hydroxyl groups is 1. The van der Waals surface area contributed by atoms with E-state index in [1.807, 2.05) is 19.9 Å². The summed E-state index contributed by atoms with van der Waals surface area (Å²) in [7, 11) is 0. The molecule has 9 nitrogen and oxygen atoms in total. The first-order valence-electron chi connectivity index (χ1n) is 7.37. The molecule has 0 fully saturated rings. The zero-order valence-electron chi connectivity index (χ0n) is 13.7. The van der Waals surface area contributed by atoms with Crippen LogP contribution in [-0.4, -0.2) is 33.1 Å². The Morgan fingerprint density at radius 2 is 2.21 bits per heavy atom. The number of nitrogens with one attached hydrogen (secondary N) is 1. The Kier molecular flexibility index (Phi) is 5.44. The van der Waals surface area contributed by atoms with Gasteiger partial charge in [-0.25, -0.2) is 0 Å². The van der Waals surface area contributed by atoms with Gasteiger partial charge in [-0.1, -0.05) is 0 Å². The highest BCUT2D eigenvalue weighted by Gasteiger charge is 2.19. The van der Waals surface area contributed by atoms with Crippen molar-refractivity contribution in [3.63, 3.8) is 0 Å². The monoisotopic (exact) mass is 330 g/mol. The largest absolute Gasteiger partial charge is 0.493 e. The molecule has 9 heteroatoms. The maximum absolute atomic E-state index is 12.6. The summed E-state index contributed by atoms with van der Waals surface area (Å²) in [6, 6.07) is 3.56. The van der Waals surface area contributed by atoms with Crippen molar-refractivity contribution in [1.29, 1.82) is 5.26 Å². The van der Waals surface area contributed by atoms with E-state index in [2.05, 4.69) is 20.4 Å². The number of pyridine rings is 1. The second-order valence-electron chi connectivity index (χ2n) is 5.05. The van der Waals surface area contributed by atoms with Gasteiger partial charge in [0.05, 0.1) is 13.2 Å². The van der Waals surface area contributed by atoms with E-state index in [4.69, 9.17) is 4.74 Å². The van der Waals surface area contributed by atoms with Crippen LogP contribution >= 0.6 is 0 Å². The van der Waals surface area contributed by atoms with E-state index in [1.165, 1.54) is 6.92 Å². The number of azo groups is 1. The molecule has 2 N–H and O–H groups in total. The molecule has 0 radical (unpaired) electrons. The third-order valence-corrected chi connectivity index (χ3v) is 3.38. The Balaban J connectivity index is 2.50. The number of hydrogen-bond acceptors (Lipinski definition) is 7. The van der Waals surface area contributed by atoms with Gasteiger partial charge in [-0.05, 0) is 20.8 Å². The highest BCUT2D eigenvalue weighted by Crippen LogP contribution is 2.26. The molecule has 2 heterocycles. The van der Waals surface area contributed by atoms with E-state index in [0.29, 0.717) is 12.4 Å². The minimum Gasteiger partial charge on any atom is -0.493 e. The lowest BCUT2D eigenvalue weighted by Gasteiger charge is -2.12. The molecule has 0 aromatic carbocycles. The van der Waals surface area contributed by atoms with Crippen LogP contribution < -0.4 is 5.56 Å². The number of aromatic amines is 1. The van der Waals surface area contributed by atoms with Gasteiger partial charge in [-0.15, -0.1) is 10.2 Å². The summed E-state index contributed by atoms with van der Waals surface area (Å²) in [6.07, 6.45) is 0. The smallest absolute Gasteiger partial charge is 0.281 e. The number of rotatable bonds is 6. The second-order valence-corrected chi connectivity index (χ2v) is 5.05. The van der Waals surface area contributed by atoms with E-state index < -0.39 is 11.4 Å². The van der Waals surface area contributed by atoms with Gasteiger partial charge < -0.3 is 9.84 Å². The fourth-order valence-corrected chi connectivity index (χ4v) is 2.12. The lowest BCUT2D eigenvalue weighted by Crippen LogP contribution is -2.24. The second kappa shape index (κ2) is 7.52. The topological polar surface area (TPSA) is 129 Å². The summed E-state index contributed by atoms with van der Waals surface area (Å²) in [4.78, 5) is 12.6. The third-order valence-electron chi connectivity index (χ3n) is 3.38. The zero-order valence-corrected chi connectivity index (χ0v) is 13.7. The molecule has 0 aliphatic heterocycles. The molecular weight excluding hydrogens is 312 g/mol. The molecule has 2 aromatic rings. The average Bonchev–Trinajstić information content (AvgIpc) is 2.96. The van der Waals surface area contributed by atoms with Crippen LogP contribution in [0.25, 0.3) is 0 Å². The zero-order chi connectivity index (χ0) is 17.7. The molecule has 0 unspecified atom stereocenters. The summed E-state index contributed by atoms with van der Waals surface area (Å²) in [5.74, 6) is -0.0759. The molecular formula is C15H18N6O3. The van der Waals surface area contributed by atoms with Crippen LogP contribution in [0.15, 0.2) is 21.1 Å². The fourth-order valence-electron chi connectivity index (χ4n) is 2.12. The number of aryl methyl sites for hydroxylation is 1. The summed E-state index contributed by atoms with van der Waals surface area (Å²) in [5.41, 5.74) is 0.501. The summed E-state index contributed by atoms with van der Waals surface area (Å²) >= 11 is 0. The summed E-state index contributed by atoms with van der Waals surface area (Å²) < 4.78 is 6.26. The van der Waals surface area contributed by atoms with Crippen molar-refractivity contribution in [3.05, 3.63) is 33.2 Å².